The molecule has 104 valence electrons. The topological polar surface area (TPSA) is 95.5 Å². The van der Waals surface area contributed by atoms with Crippen LogP contribution in [0.1, 0.15) is 36.7 Å². The third kappa shape index (κ3) is 3.67. The van der Waals surface area contributed by atoms with E-state index in [4.69, 9.17) is 10.5 Å². The van der Waals surface area contributed by atoms with Crippen molar-refractivity contribution >= 4 is 17.3 Å². The van der Waals surface area contributed by atoms with Crippen molar-refractivity contribution in [1.29, 1.82) is 0 Å². The van der Waals surface area contributed by atoms with Crippen molar-refractivity contribution in [2.75, 3.05) is 12.3 Å². The average Bonchev–Trinajstić information content (AvgIpc) is 2.27. The normalized spacial score (nSPS) is 10.5. The standard InChI is InChI=1S/C13H18N2O4/c1-4-19-13(16)12-9(5-8(2)3)6-10(15(17)18)7-11(12)14/h6-8H,4-5,14H2,1-3H3. The molecule has 0 saturated heterocycles. The van der Waals surface area contributed by atoms with E-state index in [1.54, 1.807) is 6.92 Å². The number of nitro benzene ring substituents is 1. The van der Waals surface area contributed by atoms with Crippen molar-refractivity contribution in [1.82, 2.24) is 0 Å². The summed E-state index contributed by atoms with van der Waals surface area (Å²) in [4.78, 5) is 22.2. The van der Waals surface area contributed by atoms with Gasteiger partial charge in [0.15, 0.2) is 0 Å². The molecule has 0 saturated carbocycles. The summed E-state index contributed by atoms with van der Waals surface area (Å²) in [6.45, 7) is 5.85. The molecule has 0 heterocycles. The average molecular weight is 266 g/mol. The van der Waals surface area contributed by atoms with E-state index in [-0.39, 0.29) is 29.5 Å². The Kier molecular flexibility index (Phi) is 4.86. The highest BCUT2D eigenvalue weighted by Crippen LogP contribution is 2.27. The van der Waals surface area contributed by atoms with E-state index in [1.807, 2.05) is 13.8 Å². The second kappa shape index (κ2) is 6.17. The Balaban J connectivity index is 3.34. The number of benzene rings is 1. The highest BCUT2D eigenvalue weighted by molar-refractivity contribution is 5.97. The van der Waals surface area contributed by atoms with Crippen LogP contribution < -0.4 is 5.73 Å². The first-order valence-corrected chi connectivity index (χ1v) is 6.10. The smallest absolute Gasteiger partial charge is 0.340 e. The molecule has 0 aliphatic heterocycles. The lowest BCUT2D eigenvalue weighted by Crippen LogP contribution is -2.13. The number of non-ortho nitro benzene ring substituents is 1. The van der Waals surface area contributed by atoms with Crippen molar-refractivity contribution in [3.05, 3.63) is 33.4 Å². The first-order valence-electron chi connectivity index (χ1n) is 6.10. The van der Waals surface area contributed by atoms with Crippen molar-refractivity contribution in [2.24, 2.45) is 5.92 Å². The van der Waals surface area contributed by atoms with Crippen LogP contribution in [0.25, 0.3) is 0 Å². The van der Waals surface area contributed by atoms with Crippen LogP contribution in [0.4, 0.5) is 11.4 Å². The molecule has 1 rings (SSSR count). The lowest BCUT2D eigenvalue weighted by atomic mass is 9.96. The first-order chi connectivity index (χ1) is 8.86. The van der Waals surface area contributed by atoms with Crippen LogP contribution in [-0.2, 0) is 11.2 Å². The van der Waals surface area contributed by atoms with Crippen LogP contribution in [-0.4, -0.2) is 17.5 Å². The number of nitro groups is 1. The maximum atomic E-state index is 11.9. The highest BCUT2D eigenvalue weighted by atomic mass is 16.6. The van der Waals surface area contributed by atoms with Crippen molar-refractivity contribution < 1.29 is 14.5 Å². The van der Waals surface area contributed by atoms with Gasteiger partial charge in [-0.2, -0.15) is 0 Å². The summed E-state index contributed by atoms with van der Waals surface area (Å²) >= 11 is 0. The van der Waals surface area contributed by atoms with Gasteiger partial charge in [-0.3, -0.25) is 10.1 Å². The largest absolute Gasteiger partial charge is 0.462 e. The Hall–Kier alpha value is -2.11. The molecule has 6 heteroatoms. The molecule has 0 bridgehead atoms. The summed E-state index contributed by atoms with van der Waals surface area (Å²) in [5.74, 6) is -0.292. The zero-order valence-electron chi connectivity index (χ0n) is 11.3. The number of hydrogen-bond acceptors (Lipinski definition) is 5. The third-order valence-electron chi connectivity index (χ3n) is 2.55. The summed E-state index contributed by atoms with van der Waals surface area (Å²) < 4.78 is 4.94. The Morgan fingerprint density at radius 2 is 2.11 bits per heavy atom. The van der Waals surface area contributed by atoms with Gasteiger partial charge in [0.05, 0.1) is 22.8 Å². The summed E-state index contributed by atoms with van der Waals surface area (Å²) in [6, 6.07) is 2.58. The zero-order chi connectivity index (χ0) is 14.6. The molecule has 1 aromatic carbocycles. The van der Waals surface area contributed by atoms with Gasteiger partial charge in [-0.1, -0.05) is 13.8 Å². The predicted octanol–water partition coefficient (Wildman–Crippen LogP) is 2.55. The van der Waals surface area contributed by atoms with E-state index in [0.717, 1.165) is 0 Å². The van der Waals surface area contributed by atoms with Gasteiger partial charge < -0.3 is 10.5 Å². The molecule has 19 heavy (non-hydrogen) atoms. The lowest BCUT2D eigenvalue weighted by molar-refractivity contribution is -0.384. The quantitative estimate of drug-likeness (QED) is 0.382. The molecule has 2 N–H and O–H groups in total. The fraction of sp³-hybridized carbons (Fsp3) is 0.462. The molecule has 0 spiro atoms. The number of nitrogens with two attached hydrogens (primary N) is 1. The predicted molar refractivity (Wildman–Crippen MR) is 72.0 cm³/mol. The molecule has 0 fully saturated rings. The summed E-state index contributed by atoms with van der Waals surface area (Å²) in [5.41, 5.74) is 6.53. The summed E-state index contributed by atoms with van der Waals surface area (Å²) in [6.07, 6.45) is 0.528. The van der Waals surface area contributed by atoms with E-state index in [2.05, 4.69) is 0 Å². The van der Waals surface area contributed by atoms with Gasteiger partial charge >= 0.3 is 5.97 Å². The van der Waals surface area contributed by atoms with E-state index in [1.165, 1.54) is 12.1 Å². The van der Waals surface area contributed by atoms with Crippen LogP contribution in [0.2, 0.25) is 0 Å². The van der Waals surface area contributed by atoms with Crippen LogP contribution in [0.5, 0.6) is 0 Å². The Labute approximate surface area is 111 Å². The second-order valence-corrected chi connectivity index (χ2v) is 4.64. The number of nitrogen functional groups attached to an aromatic ring is 1. The van der Waals surface area contributed by atoms with E-state index in [9.17, 15) is 14.9 Å². The molecule has 0 aliphatic carbocycles. The fourth-order valence-corrected chi connectivity index (χ4v) is 1.87. The molecule has 0 aliphatic rings. The van der Waals surface area contributed by atoms with Crippen molar-refractivity contribution in [2.45, 2.75) is 27.2 Å². The lowest BCUT2D eigenvalue weighted by Gasteiger charge is -2.13. The van der Waals surface area contributed by atoms with Crippen LogP contribution in [0, 0.1) is 16.0 Å². The van der Waals surface area contributed by atoms with Crippen molar-refractivity contribution in [3.63, 3.8) is 0 Å². The highest BCUT2D eigenvalue weighted by Gasteiger charge is 2.21. The van der Waals surface area contributed by atoms with E-state index in [0.29, 0.717) is 12.0 Å². The van der Waals surface area contributed by atoms with Crippen LogP contribution in [0.15, 0.2) is 12.1 Å². The third-order valence-corrected chi connectivity index (χ3v) is 2.55. The SMILES string of the molecule is CCOC(=O)c1c(N)cc([N+](=O)[O-])cc1CC(C)C. The van der Waals surface area contributed by atoms with Crippen LogP contribution >= 0.6 is 0 Å². The number of esters is 1. The minimum atomic E-state index is -0.537. The molecular weight excluding hydrogens is 248 g/mol. The number of carbonyl (C=O) groups is 1. The fourth-order valence-electron chi connectivity index (χ4n) is 1.87. The molecule has 0 atom stereocenters. The van der Waals surface area contributed by atoms with Gasteiger partial charge in [0, 0.05) is 12.1 Å². The minimum Gasteiger partial charge on any atom is -0.462 e. The number of hydrogen-bond donors (Lipinski definition) is 1. The maximum Gasteiger partial charge on any atom is 0.340 e. The molecule has 0 aromatic heterocycles. The van der Waals surface area contributed by atoms with Crippen molar-refractivity contribution in [3.8, 4) is 0 Å². The Morgan fingerprint density at radius 3 is 2.58 bits per heavy atom. The summed E-state index contributed by atoms with van der Waals surface area (Å²) in [5, 5.41) is 10.8. The number of ether oxygens (including phenoxy) is 1. The monoisotopic (exact) mass is 266 g/mol. The van der Waals surface area contributed by atoms with Gasteiger partial charge in [0.2, 0.25) is 0 Å². The maximum absolute atomic E-state index is 11.9. The van der Waals surface area contributed by atoms with Gasteiger partial charge in [0.1, 0.15) is 0 Å². The van der Waals surface area contributed by atoms with E-state index >= 15 is 0 Å². The van der Waals surface area contributed by atoms with Crippen LogP contribution in [0.3, 0.4) is 0 Å². The van der Waals surface area contributed by atoms with Gasteiger partial charge in [-0.05, 0) is 24.8 Å². The number of nitrogens with zero attached hydrogens (tertiary/aromatic N) is 1. The second-order valence-electron chi connectivity index (χ2n) is 4.64. The number of anilines is 1. The number of rotatable bonds is 5. The number of carbonyl (C=O) groups excluding carboxylic acids is 1. The molecule has 0 amide bonds. The minimum absolute atomic E-state index is 0.0864. The Morgan fingerprint density at radius 1 is 1.47 bits per heavy atom. The molecule has 0 unspecified atom stereocenters. The first kappa shape index (κ1) is 14.9. The van der Waals surface area contributed by atoms with E-state index < -0.39 is 10.9 Å². The molecule has 1 aromatic rings. The van der Waals surface area contributed by atoms with Gasteiger partial charge in [-0.25, -0.2) is 4.79 Å². The zero-order valence-corrected chi connectivity index (χ0v) is 11.3. The molecule has 0 radical (unpaired) electrons. The van der Waals surface area contributed by atoms with Gasteiger partial charge in [0.25, 0.3) is 5.69 Å². The molecule has 6 nitrogen and oxygen atoms in total. The summed E-state index contributed by atoms with van der Waals surface area (Å²) in [7, 11) is 0. The molecular formula is C13H18N2O4. The van der Waals surface area contributed by atoms with Gasteiger partial charge in [-0.15, -0.1) is 0 Å². The Bertz CT molecular complexity index is 498.